The maximum absolute atomic E-state index is 14.2. The molecule has 0 aromatic heterocycles. The second-order valence-electron chi connectivity index (χ2n) is 5.72. The molecule has 0 bridgehead atoms. The number of likely N-dealkylation sites (N-methyl/N-ethyl adjacent to an activating group) is 2. The molecule has 0 heterocycles. The van der Waals surface area contributed by atoms with E-state index in [0.717, 1.165) is 24.9 Å². The SMILES string of the molecule is CCNC(c1ccccc1F)C1(N(C)C)CCCC1. The van der Waals surface area contributed by atoms with Crippen molar-refractivity contribution in [1.82, 2.24) is 10.2 Å². The highest BCUT2D eigenvalue weighted by atomic mass is 19.1. The Hall–Kier alpha value is -0.930. The summed E-state index contributed by atoms with van der Waals surface area (Å²) in [6.07, 6.45) is 4.72. The minimum absolute atomic E-state index is 0.0399. The summed E-state index contributed by atoms with van der Waals surface area (Å²) in [4.78, 5) is 2.29. The van der Waals surface area contributed by atoms with E-state index in [2.05, 4.69) is 31.2 Å². The molecule has 2 nitrogen and oxygen atoms in total. The molecule has 19 heavy (non-hydrogen) atoms. The first-order valence-corrected chi connectivity index (χ1v) is 7.27. The molecule has 0 saturated heterocycles. The Kier molecular flexibility index (Phi) is 4.58. The predicted octanol–water partition coefficient (Wildman–Crippen LogP) is 3.35. The highest BCUT2D eigenvalue weighted by molar-refractivity contribution is 5.26. The van der Waals surface area contributed by atoms with Crippen molar-refractivity contribution in [3.63, 3.8) is 0 Å². The summed E-state index contributed by atoms with van der Waals surface area (Å²) >= 11 is 0. The van der Waals surface area contributed by atoms with Crippen LogP contribution in [0.2, 0.25) is 0 Å². The molecule has 1 unspecified atom stereocenters. The molecule has 1 N–H and O–H groups in total. The molecule has 0 spiro atoms. The van der Waals surface area contributed by atoms with E-state index < -0.39 is 0 Å². The van der Waals surface area contributed by atoms with Crippen molar-refractivity contribution in [2.24, 2.45) is 0 Å². The first kappa shape index (κ1) is 14.5. The standard InChI is InChI=1S/C16H25FN2/c1-4-18-15(13-9-5-6-10-14(13)17)16(19(2)3)11-7-8-12-16/h5-6,9-10,15,18H,4,7-8,11-12H2,1-3H3. The van der Waals surface area contributed by atoms with Gasteiger partial charge in [0.25, 0.3) is 0 Å². The molecule has 0 radical (unpaired) electrons. The smallest absolute Gasteiger partial charge is 0.128 e. The lowest BCUT2D eigenvalue weighted by atomic mass is 9.82. The zero-order valence-corrected chi connectivity index (χ0v) is 12.2. The van der Waals surface area contributed by atoms with Crippen molar-refractivity contribution < 1.29 is 4.39 Å². The fourth-order valence-electron chi connectivity index (χ4n) is 3.48. The van der Waals surface area contributed by atoms with Crippen LogP contribution in [0.4, 0.5) is 4.39 Å². The summed E-state index contributed by atoms with van der Waals surface area (Å²) in [5.74, 6) is -0.0958. The van der Waals surface area contributed by atoms with Crippen LogP contribution in [0.15, 0.2) is 24.3 Å². The molecule has 0 amide bonds. The Morgan fingerprint density at radius 1 is 1.26 bits per heavy atom. The number of benzene rings is 1. The van der Waals surface area contributed by atoms with E-state index in [0.29, 0.717) is 0 Å². The quantitative estimate of drug-likeness (QED) is 0.877. The molecule has 0 aliphatic heterocycles. The van der Waals surface area contributed by atoms with Gasteiger partial charge in [0.1, 0.15) is 5.82 Å². The first-order valence-electron chi connectivity index (χ1n) is 7.27. The lowest BCUT2D eigenvalue weighted by Gasteiger charge is -2.44. The van der Waals surface area contributed by atoms with Gasteiger partial charge in [-0.3, -0.25) is 0 Å². The topological polar surface area (TPSA) is 15.3 Å². The van der Waals surface area contributed by atoms with Crippen molar-refractivity contribution in [3.8, 4) is 0 Å². The maximum Gasteiger partial charge on any atom is 0.128 e. The van der Waals surface area contributed by atoms with Crippen LogP contribution < -0.4 is 5.32 Å². The van der Waals surface area contributed by atoms with Crippen LogP contribution in [0.25, 0.3) is 0 Å². The molecule has 1 atom stereocenters. The third-order valence-corrected chi connectivity index (χ3v) is 4.52. The largest absolute Gasteiger partial charge is 0.309 e. The number of nitrogens with zero attached hydrogens (tertiary/aromatic N) is 1. The molecular weight excluding hydrogens is 239 g/mol. The minimum Gasteiger partial charge on any atom is -0.309 e. The van der Waals surface area contributed by atoms with Crippen molar-refractivity contribution in [3.05, 3.63) is 35.6 Å². The molecule has 1 fully saturated rings. The summed E-state index contributed by atoms with van der Waals surface area (Å²) in [6.45, 7) is 2.95. The first-order chi connectivity index (χ1) is 9.12. The van der Waals surface area contributed by atoms with Gasteiger partial charge in [-0.05, 0) is 39.5 Å². The van der Waals surface area contributed by atoms with Crippen molar-refractivity contribution >= 4 is 0 Å². The monoisotopic (exact) mass is 264 g/mol. The Morgan fingerprint density at radius 3 is 2.42 bits per heavy atom. The summed E-state index contributed by atoms with van der Waals surface area (Å²) in [5.41, 5.74) is 0.845. The fourth-order valence-corrected chi connectivity index (χ4v) is 3.48. The van der Waals surface area contributed by atoms with Gasteiger partial charge in [0.15, 0.2) is 0 Å². The normalized spacial score (nSPS) is 19.8. The minimum atomic E-state index is -0.0958. The van der Waals surface area contributed by atoms with Crippen LogP contribution in [0.1, 0.15) is 44.2 Å². The van der Waals surface area contributed by atoms with Gasteiger partial charge in [-0.15, -0.1) is 0 Å². The van der Waals surface area contributed by atoms with Gasteiger partial charge < -0.3 is 10.2 Å². The zero-order chi connectivity index (χ0) is 13.9. The van der Waals surface area contributed by atoms with Crippen LogP contribution in [0, 0.1) is 5.82 Å². The number of rotatable bonds is 5. The van der Waals surface area contributed by atoms with Crippen LogP contribution in [-0.2, 0) is 0 Å². The number of halogens is 1. The average Bonchev–Trinajstić information content (AvgIpc) is 2.87. The lowest BCUT2D eigenvalue weighted by molar-refractivity contribution is 0.103. The van der Waals surface area contributed by atoms with Gasteiger partial charge in [0.2, 0.25) is 0 Å². The third-order valence-electron chi connectivity index (χ3n) is 4.52. The second-order valence-corrected chi connectivity index (χ2v) is 5.72. The van der Waals surface area contributed by atoms with Gasteiger partial charge in [-0.25, -0.2) is 4.39 Å². The predicted molar refractivity (Wildman–Crippen MR) is 77.7 cm³/mol. The summed E-state index contributed by atoms with van der Waals surface area (Å²) in [5, 5.41) is 3.52. The highest BCUT2D eigenvalue weighted by Crippen LogP contribution is 2.43. The molecule has 1 aromatic rings. The van der Waals surface area contributed by atoms with E-state index in [9.17, 15) is 4.39 Å². The van der Waals surface area contributed by atoms with Gasteiger partial charge in [-0.1, -0.05) is 38.0 Å². The van der Waals surface area contributed by atoms with Crippen molar-refractivity contribution in [1.29, 1.82) is 0 Å². The fraction of sp³-hybridized carbons (Fsp3) is 0.625. The molecular formula is C16H25FN2. The van der Waals surface area contributed by atoms with Crippen LogP contribution in [0.3, 0.4) is 0 Å². The van der Waals surface area contributed by atoms with Gasteiger partial charge in [0.05, 0.1) is 6.04 Å². The molecule has 1 aliphatic rings. The van der Waals surface area contributed by atoms with Gasteiger partial charge in [0, 0.05) is 11.1 Å². The van der Waals surface area contributed by atoms with Crippen LogP contribution in [0.5, 0.6) is 0 Å². The number of nitrogens with one attached hydrogen (secondary N) is 1. The Bertz CT molecular complexity index is 411. The third kappa shape index (κ3) is 2.67. The van der Waals surface area contributed by atoms with Gasteiger partial charge >= 0.3 is 0 Å². The summed E-state index contributed by atoms with van der Waals surface area (Å²) < 4.78 is 14.2. The van der Waals surface area contributed by atoms with Crippen LogP contribution in [-0.4, -0.2) is 31.1 Å². The number of hydrogen-bond acceptors (Lipinski definition) is 2. The molecule has 106 valence electrons. The Morgan fingerprint density at radius 2 is 1.89 bits per heavy atom. The summed E-state index contributed by atoms with van der Waals surface area (Å²) in [7, 11) is 4.24. The molecule has 2 rings (SSSR count). The van der Waals surface area contributed by atoms with Crippen LogP contribution >= 0.6 is 0 Å². The maximum atomic E-state index is 14.2. The van der Waals surface area contributed by atoms with E-state index in [1.54, 1.807) is 12.1 Å². The highest BCUT2D eigenvalue weighted by Gasteiger charge is 2.44. The lowest BCUT2D eigenvalue weighted by Crippen LogP contribution is -2.52. The molecule has 1 aromatic carbocycles. The van der Waals surface area contributed by atoms with E-state index >= 15 is 0 Å². The average molecular weight is 264 g/mol. The zero-order valence-electron chi connectivity index (χ0n) is 12.2. The van der Waals surface area contributed by atoms with Crippen molar-refractivity contribution in [2.75, 3.05) is 20.6 Å². The van der Waals surface area contributed by atoms with E-state index in [1.807, 2.05) is 12.1 Å². The van der Waals surface area contributed by atoms with E-state index in [4.69, 9.17) is 0 Å². The Balaban J connectivity index is 2.41. The van der Waals surface area contributed by atoms with E-state index in [1.165, 1.54) is 12.8 Å². The van der Waals surface area contributed by atoms with Gasteiger partial charge in [-0.2, -0.15) is 0 Å². The molecule has 1 aliphatic carbocycles. The number of hydrogen-bond donors (Lipinski definition) is 1. The molecule has 1 saturated carbocycles. The van der Waals surface area contributed by atoms with E-state index in [-0.39, 0.29) is 17.4 Å². The molecule has 3 heteroatoms. The summed E-state index contributed by atoms with van der Waals surface area (Å²) in [6, 6.07) is 7.25. The second kappa shape index (κ2) is 6.02. The Labute approximate surface area is 116 Å². The van der Waals surface area contributed by atoms with Crippen molar-refractivity contribution in [2.45, 2.75) is 44.2 Å².